The van der Waals surface area contributed by atoms with E-state index in [2.05, 4.69) is 15.9 Å². The molecule has 0 aromatic rings. The van der Waals surface area contributed by atoms with Crippen LogP contribution in [0.15, 0.2) is 10.6 Å². The zero-order valence-electron chi connectivity index (χ0n) is 5.17. The van der Waals surface area contributed by atoms with Gasteiger partial charge >= 0.3 is 0 Å². The third-order valence-corrected chi connectivity index (χ3v) is 1.28. The van der Waals surface area contributed by atoms with Crippen LogP contribution in [0.3, 0.4) is 0 Å². The molecule has 0 saturated heterocycles. The fourth-order valence-corrected chi connectivity index (χ4v) is 0.518. The lowest BCUT2D eigenvalue weighted by molar-refractivity contribution is -0.104. The van der Waals surface area contributed by atoms with Crippen molar-refractivity contribution in [2.75, 3.05) is 0 Å². The van der Waals surface area contributed by atoms with E-state index in [1.165, 1.54) is 0 Å². The third-order valence-electron chi connectivity index (χ3n) is 0.767. The third kappa shape index (κ3) is 5.73. The Morgan fingerprint density at radius 2 is 2.44 bits per heavy atom. The van der Waals surface area contributed by atoms with Crippen molar-refractivity contribution in [1.29, 1.82) is 0 Å². The fraction of sp³-hybridized carbons (Fsp3) is 0.500. The van der Waals surface area contributed by atoms with Crippen molar-refractivity contribution in [3.8, 4) is 0 Å². The molecule has 0 aliphatic rings. The molecule has 0 amide bonds. The molecule has 0 aliphatic heterocycles. The van der Waals surface area contributed by atoms with Crippen LogP contribution in [0, 0.1) is 0 Å². The molecule has 0 aromatic heterocycles. The van der Waals surface area contributed by atoms with E-state index in [1.54, 1.807) is 13.0 Å². The molecule has 52 valence electrons. The number of rotatable bonds is 3. The van der Waals surface area contributed by atoms with Crippen molar-refractivity contribution < 1.29 is 9.90 Å². The van der Waals surface area contributed by atoms with Gasteiger partial charge in [-0.15, -0.1) is 0 Å². The first kappa shape index (κ1) is 8.85. The summed E-state index contributed by atoms with van der Waals surface area (Å²) in [6.07, 6.45) is 2.47. The van der Waals surface area contributed by atoms with Crippen molar-refractivity contribution >= 4 is 22.2 Å². The molecular weight excluding hydrogens is 184 g/mol. The Morgan fingerprint density at radius 3 is 2.78 bits per heavy atom. The van der Waals surface area contributed by atoms with Crippen LogP contribution in [-0.2, 0) is 4.79 Å². The molecule has 0 rings (SSSR count). The summed E-state index contributed by atoms with van der Waals surface area (Å²) in [7, 11) is 0. The van der Waals surface area contributed by atoms with Crippen molar-refractivity contribution in [2.45, 2.75) is 19.4 Å². The number of hydrogen-bond donors (Lipinski definition) is 1. The number of aliphatic hydroxyl groups is 1. The second-order valence-electron chi connectivity index (χ2n) is 1.79. The van der Waals surface area contributed by atoms with Gasteiger partial charge in [0.2, 0.25) is 0 Å². The molecule has 0 bridgehead atoms. The summed E-state index contributed by atoms with van der Waals surface area (Å²) >= 11 is 2.99. The molecule has 0 saturated carbocycles. The Balaban J connectivity index is 3.56. The van der Waals surface area contributed by atoms with E-state index in [-0.39, 0.29) is 6.10 Å². The van der Waals surface area contributed by atoms with Gasteiger partial charge in [-0.3, -0.25) is 4.79 Å². The largest absolute Gasteiger partial charge is 0.393 e. The molecule has 0 aliphatic carbocycles. The molecule has 0 radical (unpaired) electrons. The summed E-state index contributed by atoms with van der Waals surface area (Å²) in [6, 6.07) is 0. The number of halogens is 1. The van der Waals surface area contributed by atoms with Crippen molar-refractivity contribution in [2.24, 2.45) is 0 Å². The minimum Gasteiger partial charge on any atom is -0.393 e. The van der Waals surface area contributed by atoms with E-state index < -0.39 is 0 Å². The zero-order chi connectivity index (χ0) is 7.28. The summed E-state index contributed by atoms with van der Waals surface area (Å²) in [4.78, 5) is 9.92. The number of carbonyl (C=O) groups is 1. The lowest BCUT2D eigenvalue weighted by atomic mass is 10.3. The number of carbonyl (C=O) groups excluding carboxylic acids is 1. The molecule has 0 fully saturated rings. The van der Waals surface area contributed by atoms with E-state index in [4.69, 9.17) is 5.11 Å². The fourth-order valence-electron chi connectivity index (χ4n) is 0.331. The van der Waals surface area contributed by atoms with Crippen LogP contribution in [-0.4, -0.2) is 17.5 Å². The van der Waals surface area contributed by atoms with Gasteiger partial charge in [0.15, 0.2) is 6.29 Å². The van der Waals surface area contributed by atoms with Gasteiger partial charge in [0.25, 0.3) is 0 Å². The molecule has 0 aromatic carbocycles. The lowest BCUT2D eigenvalue weighted by Crippen LogP contribution is -1.95. The van der Waals surface area contributed by atoms with Gasteiger partial charge in [-0.05, 0) is 29.3 Å². The number of hydrogen-bond acceptors (Lipinski definition) is 2. The Labute approximate surface area is 62.7 Å². The Morgan fingerprint density at radius 1 is 1.89 bits per heavy atom. The summed E-state index contributed by atoms with van der Waals surface area (Å²) < 4.78 is 0.489. The Kier molecular flexibility index (Phi) is 4.62. The zero-order valence-corrected chi connectivity index (χ0v) is 6.76. The van der Waals surface area contributed by atoms with Crippen LogP contribution >= 0.6 is 15.9 Å². The van der Waals surface area contributed by atoms with Crippen LogP contribution < -0.4 is 0 Å². The predicted molar refractivity (Wildman–Crippen MR) is 39.4 cm³/mol. The van der Waals surface area contributed by atoms with Crippen LogP contribution in [0.25, 0.3) is 0 Å². The molecule has 3 heteroatoms. The van der Waals surface area contributed by atoms with Crippen molar-refractivity contribution in [3.63, 3.8) is 0 Å². The molecule has 1 atom stereocenters. The summed E-state index contributed by atoms with van der Waals surface area (Å²) in [6.45, 7) is 1.67. The van der Waals surface area contributed by atoms with Gasteiger partial charge in [-0.25, -0.2) is 0 Å². The topological polar surface area (TPSA) is 37.3 Å². The standard InChI is InChI=1S/C6H9BrO2/c1-5(9)2-3-6(7)4-8/h3-5,9H,2H2,1H3. The lowest BCUT2D eigenvalue weighted by Gasteiger charge is -1.95. The molecular formula is C6H9BrO2. The van der Waals surface area contributed by atoms with E-state index >= 15 is 0 Å². The maximum Gasteiger partial charge on any atom is 0.156 e. The molecule has 1 N–H and O–H groups in total. The Bertz CT molecular complexity index is 118. The average molecular weight is 193 g/mol. The maximum atomic E-state index is 9.92. The minimum absolute atomic E-state index is 0.377. The predicted octanol–water partition coefficient (Wildman–Crippen LogP) is 1.23. The van der Waals surface area contributed by atoms with Crippen molar-refractivity contribution in [3.05, 3.63) is 10.6 Å². The smallest absolute Gasteiger partial charge is 0.156 e. The maximum absolute atomic E-state index is 9.92. The van der Waals surface area contributed by atoms with Gasteiger partial charge in [0.05, 0.1) is 10.6 Å². The normalized spacial score (nSPS) is 15.2. The first-order valence-electron chi connectivity index (χ1n) is 2.65. The van der Waals surface area contributed by atoms with Crippen molar-refractivity contribution in [1.82, 2.24) is 0 Å². The first-order chi connectivity index (χ1) is 4.16. The monoisotopic (exact) mass is 192 g/mol. The highest BCUT2D eigenvalue weighted by Crippen LogP contribution is 2.02. The van der Waals surface area contributed by atoms with Gasteiger partial charge < -0.3 is 5.11 Å². The van der Waals surface area contributed by atoms with Crippen LogP contribution in [0.1, 0.15) is 13.3 Å². The molecule has 0 heterocycles. The number of aliphatic hydroxyl groups excluding tert-OH is 1. The highest BCUT2D eigenvalue weighted by atomic mass is 79.9. The number of allylic oxidation sites excluding steroid dienone is 1. The highest BCUT2D eigenvalue weighted by molar-refractivity contribution is 9.12. The second kappa shape index (κ2) is 4.70. The van der Waals surface area contributed by atoms with Gasteiger partial charge in [-0.2, -0.15) is 0 Å². The van der Waals surface area contributed by atoms with Gasteiger partial charge in [0, 0.05) is 0 Å². The van der Waals surface area contributed by atoms with E-state index in [9.17, 15) is 4.79 Å². The summed E-state index contributed by atoms with van der Waals surface area (Å²) in [5, 5.41) is 8.72. The number of aldehydes is 1. The van der Waals surface area contributed by atoms with Crippen LogP contribution in [0.2, 0.25) is 0 Å². The molecule has 2 nitrogen and oxygen atoms in total. The van der Waals surface area contributed by atoms with Crippen LogP contribution in [0.5, 0.6) is 0 Å². The van der Waals surface area contributed by atoms with E-state index in [0.717, 1.165) is 0 Å². The van der Waals surface area contributed by atoms with Crippen LogP contribution in [0.4, 0.5) is 0 Å². The molecule has 0 spiro atoms. The van der Waals surface area contributed by atoms with E-state index in [1.807, 2.05) is 0 Å². The van der Waals surface area contributed by atoms with Gasteiger partial charge in [-0.1, -0.05) is 6.08 Å². The minimum atomic E-state index is -0.377. The average Bonchev–Trinajstić information content (AvgIpc) is 1.83. The highest BCUT2D eigenvalue weighted by Gasteiger charge is 1.91. The summed E-state index contributed by atoms with van der Waals surface area (Å²) in [5.74, 6) is 0. The quantitative estimate of drug-likeness (QED) is 0.540. The SMILES string of the molecule is CC(O)CC=C(Br)C=O. The molecule has 1 unspecified atom stereocenters. The Hall–Kier alpha value is -0.150. The van der Waals surface area contributed by atoms with E-state index in [0.29, 0.717) is 17.2 Å². The first-order valence-corrected chi connectivity index (χ1v) is 3.45. The summed E-state index contributed by atoms with van der Waals surface area (Å²) in [5.41, 5.74) is 0. The molecule has 9 heavy (non-hydrogen) atoms. The second-order valence-corrected chi connectivity index (χ2v) is 2.71. The van der Waals surface area contributed by atoms with Gasteiger partial charge in [0.1, 0.15) is 0 Å².